The van der Waals surface area contributed by atoms with E-state index in [1.54, 1.807) is 12.3 Å². The van der Waals surface area contributed by atoms with Gasteiger partial charge in [-0.05, 0) is 6.07 Å². The van der Waals surface area contributed by atoms with Crippen molar-refractivity contribution in [2.24, 2.45) is 0 Å². The molecule has 2 heterocycles. The van der Waals surface area contributed by atoms with Crippen molar-refractivity contribution < 1.29 is 9.53 Å². The van der Waals surface area contributed by atoms with Crippen LogP contribution in [0.4, 0.5) is 4.79 Å². The highest BCUT2D eigenvalue weighted by Crippen LogP contribution is 2.17. The maximum Gasteiger partial charge on any atom is 0.408 e. The van der Waals surface area contributed by atoms with Gasteiger partial charge in [0.25, 0.3) is 0 Å². The third kappa shape index (κ3) is 1.04. The second kappa shape index (κ2) is 2.26. The van der Waals surface area contributed by atoms with Crippen LogP contribution in [0.15, 0.2) is 12.3 Å². The van der Waals surface area contributed by atoms with Gasteiger partial charge in [-0.15, -0.1) is 0 Å². The first-order chi connectivity index (χ1) is 5.36. The van der Waals surface area contributed by atoms with Crippen molar-refractivity contribution in [3.63, 3.8) is 0 Å². The number of cyclic esters (lactones) is 1. The Hall–Kier alpha value is -1.52. The number of carbonyl (C=O) groups is 1. The third-order valence-electron chi connectivity index (χ3n) is 1.55. The lowest BCUT2D eigenvalue weighted by Crippen LogP contribution is -2.12. The van der Waals surface area contributed by atoms with Gasteiger partial charge in [0.05, 0.1) is 12.2 Å². The molecule has 1 fully saturated rings. The maximum absolute atomic E-state index is 10.6. The molecular weight excluding hydrogens is 146 g/mol. The highest BCUT2D eigenvalue weighted by molar-refractivity contribution is 5.69. The summed E-state index contributed by atoms with van der Waals surface area (Å²) in [5.74, 6) is 0. The Kier molecular flexibility index (Phi) is 1.28. The molecular formula is C6H7N3O2. The molecule has 0 saturated carbocycles. The number of hydrogen-bond acceptors (Lipinski definition) is 3. The van der Waals surface area contributed by atoms with E-state index in [4.69, 9.17) is 4.74 Å². The van der Waals surface area contributed by atoms with E-state index in [0.29, 0.717) is 6.54 Å². The number of hydrogen-bond donors (Lipinski definition) is 2. The van der Waals surface area contributed by atoms with Crippen LogP contribution in [0.1, 0.15) is 11.8 Å². The number of aromatic amines is 1. The van der Waals surface area contributed by atoms with Gasteiger partial charge in [0.15, 0.2) is 6.10 Å². The predicted octanol–water partition coefficient (Wildman–Crippen LogP) is 0.191. The molecule has 5 heteroatoms. The van der Waals surface area contributed by atoms with Crippen LogP contribution < -0.4 is 5.32 Å². The number of rotatable bonds is 1. The summed E-state index contributed by atoms with van der Waals surface area (Å²) in [5, 5.41) is 9.03. The van der Waals surface area contributed by atoms with Gasteiger partial charge in [-0.25, -0.2) is 4.79 Å². The fourth-order valence-corrected chi connectivity index (χ4v) is 1.01. The highest BCUT2D eigenvalue weighted by Gasteiger charge is 2.24. The molecule has 0 bridgehead atoms. The molecule has 2 rings (SSSR count). The number of carbonyl (C=O) groups excluding carboxylic acids is 1. The lowest BCUT2D eigenvalue weighted by atomic mass is 10.3. The minimum atomic E-state index is -0.371. The zero-order chi connectivity index (χ0) is 7.68. The van der Waals surface area contributed by atoms with E-state index < -0.39 is 0 Å². The fraction of sp³-hybridized carbons (Fsp3) is 0.333. The second-order valence-corrected chi connectivity index (χ2v) is 2.29. The fourth-order valence-electron chi connectivity index (χ4n) is 1.01. The van der Waals surface area contributed by atoms with Crippen LogP contribution in [0.3, 0.4) is 0 Å². The van der Waals surface area contributed by atoms with Gasteiger partial charge < -0.3 is 10.1 Å². The van der Waals surface area contributed by atoms with Crippen molar-refractivity contribution in [3.05, 3.63) is 18.0 Å². The van der Waals surface area contributed by atoms with Crippen molar-refractivity contribution in [1.29, 1.82) is 0 Å². The molecule has 1 unspecified atom stereocenters. The van der Waals surface area contributed by atoms with Crippen LogP contribution in [0.2, 0.25) is 0 Å². The van der Waals surface area contributed by atoms with Crippen molar-refractivity contribution in [2.75, 3.05) is 6.54 Å². The van der Waals surface area contributed by atoms with E-state index in [9.17, 15) is 4.79 Å². The Morgan fingerprint density at radius 3 is 3.18 bits per heavy atom. The number of H-pyrrole nitrogens is 1. The monoisotopic (exact) mass is 153 g/mol. The molecule has 1 aliphatic heterocycles. The van der Waals surface area contributed by atoms with E-state index in [1.807, 2.05) is 0 Å². The zero-order valence-electron chi connectivity index (χ0n) is 5.70. The van der Waals surface area contributed by atoms with Crippen molar-refractivity contribution >= 4 is 6.09 Å². The van der Waals surface area contributed by atoms with Crippen LogP contribution in [-0.2, 0) is 4.74 Å². The molecule has 2 N–H and O–H groups in total. The predicted molar refractivity (Wildman–Crippen MR) is 35.8 cm³/mol. The lowest BCUT2D eigenvalue weighted by molar-refractivity contribution is 0.139. The normalized spacial score (nSPS) is 22.9. The molecule has 1 aromatic heterocycles. The first kappa shape index (κ1) is 6.21. The summed E-state index contributed by atoms with van der Waals surface area (Å²) >= 11 is 0. The van der Waals surface area contributed by atoms with Gasteiger partial charge in [-0.3, -0.25) is 5.10 Å². The number of alkyl carbamates (subject to hydrolysis) is 1. The Bertz CT molecular complexity index is 257. The Labute approximate surface area is 62.7 Å². The zero-order valence-corrected chi connectivity index (χ0v) is 5.70. The van der Waals surface area contributed by atoms with Crippen LogP contribution in [0.5, 0.6) is 0 Å². The summed E-state index contributed by atoms with van der Waals surface area (Å²) in [6, 6.07) is 1.78. The largest absolute Gasteiger partial charge is 0.438 e. The number of nitrogens with zero attached hydrogens (tertiary/aromatic N) is 1. The molecule has 1 atom stereocenters. The van der Waals surface area contributed by atoms with E-state index in [-0.39, 0.29) is 12.2 Å². The highest BCUT2D eigenvalue weighted by atomic mass is 16.6. The van der Waals surface area contributed by atoms with E-state index in [2.05, 4.69) is 15.5 Å². The summed E-state index contributed by atoms with van der Waals surface area (Å²) in [7, 11) is 0. The van der Waals surface area contributed by atoms with E-state index >= 15 is 0 Å². The summed E-state index contributed by atoms with van der Waals surface area (Å²) in [6.45, 7) is 0.515. The van der Waals surface area contributed by atoms with Crippen LogP contribution >= 0.6 is 0 Å². The molecule has 58 valence electrons. The van der Waals surface area contributed by atoms with Crippen molar-refractivity contribution in [2.45, 2.75) is 6.10 Å². The Balaban J connectivity index is 2.13. The SMILES string of the molecule is O=C1NCC(c2ccn[nH]2)O1. The van der Waals surface area contributed by atoms with Crippen LogP contribution in [0, 0.1) is 0 Å². The van der Waals surface area contributed by atoms with Crippen LogP contribution in [-0.4, -0.2) is 22.8 Å². The van der Waals surface area contributed by atoms with Crippen molar-refractivity contribution in [1.82, 2.24) is 15.5 Å². The molecule has 0 aromatic carbocycles. The third-order valence-corrected chi connectivity index (χ3v) is 1.55. The molecule has 1 aliphatic rings. The Morgan fingerprint density at radius 2 is 2.64 bits per heavy atom. The minimum absolute atomic E-state index is 0.204. The first-order valence-electron chi connectivity index (χ1n) is 3.30. The van der Waals surface area contributed by atoms with Gasteiger partial charge in [0.1, 0.15) is 0 Å². The quantitative estimate of drug-likeness (QED) is 0.605. The summed E-state index contributed by atoms with van der Waals surface area (Å²) < 4.78 is 4.88. The molecule has 11 heavy (non-hydrogen) atoms. The topological polar surface area (TPSA) is 67.0 Å². The summed E-state index contributed by atoms with van der Waals surface area (Å²) in [5.41, 5.74) is 0.823. The molecule has 1 aromatic rings. The standard InChI is InChI=1S/C6H7N3O2/c10-6-7-3-5(11-6)4-1-2-8-9-4/h1-2,5H,3H2,(H,7,10)(H,8,9). The maximum atomic E-state index is 10.6. The summed E-state index contributed by atoms with van der Waals surface area (Å²) in [6.07, 6.45) is 1.05. The summed E-state index contributed by atoms with van der Waals surface area (Å²) in [4.78, 5) is 10.6. The molecule has 0 aliphatic carbocycles. The second-order valence-electron chi connectivity index (χ2n) is 2.29. The van der Waals surface area contributed by atoms with Gasteiger partial charge in [-0.2, -0.15) is 5.10 Å². The average molecular weight is 153 g/mol. The van der Waals surface area contributed by atoms with Crippen molar-refractivity contribution in [3.8, 4) is 0 Å². The van der Waals surface area contributed by atoms with Gasteiger partial charge >= 0.3 is 6.09 Å². The average Bonchev–Trinajstić information content (AvgIpc) is 2.55. The van der Waals surface area contributed by atoms with Gasteiger partial charge in [-0.1, -0.05) is 0 Å². The lowest BCUT2D eigenvalue weighted by Gasteiger charge is -2.01. The van der Waals surface area contributed by atoms with Crippen LogP contribution in [0.25, 0.3) is 0 Å². The first-order valence-corrected chi connectivity index (χ1v) is 3.30. The molecule has 5 nitrogen and oxygen atoms in total. The van der Waals surface area contributed by atoms with E-state index in [0.717, 1.165) is 5.69 Å². The number of aromatic nitrogens is 2. The van der Waals surface area contributed by atoms with E-state index in [1.165, 1.54) is 0 Å². The molecule has 0 radical (unpaired) electrons. The number of amides is 1. The minimum Gasteiger partial charge on any atom is -0.438 e. The van der Waals surface area contributed by atoms with Gasteiger partial charge in [0, 0.05) is 6.20 Å². The molecule has 0 spiro atoms. The molecule has 1 amide bonds. The number of nitrogens with one attached hydrogen (secondary N) is 2. The number of ether oxygens (including phenoxy) is 1. The smallest absolute Gasteiger partial charge is 0.408 e. The van der Waals surface area contributed by atoms with Gasteiger partial charge in [0.2, 0.25) is 0 Å². The Morgan fingerprint density at radius 1 is 1.73 bits per heavy atom. The molecule has 1 saturated heterocycles.